The van der Waals surface area contributed by atoms with Gasteiger partial charge in [0.25, 0.3) is 5.91 Å². The molecule has 4 aromatic rings. The molecule has 3 heterocycles. The largest absolute Gasteiger partial charge is 0.347 e. The van der Waals surface area contributed by atoms with E-state index in [4.69, 9.17) is 0 Å². The highest BCUT2D eigenvalue weighted by Crippen LogP contribution is 2.24. The molecular formula is C21H17FN4OS. The lowest BCUT2D eigenvalue weighted by Crippen LogP contribution is -2.25. The lowest BCUT2D eigenvalue weighted by molar-refractivity contribution is 0.0941. The number of pyridine rings is 1. The summed E-state index contributed by atoms with van der Waals surface area (Å²) in [5, 5.41) is 11.3. The molecule has 0 radical (unpaired) electrons. The van der Waals surface area contributed by atoms with Gasteiger partial charge in [-0.3, -0.25) is 14.5 Å². The Morgan fingerprint density at radius 2 is 2.00 bits per heavy atom. The van der Waals surface area contributed by atoms with Crippen LogP contribution in [0, 0.1) is 5.82 Å². The van der Waals surface area contributed by atoms with Crippen LogP contribution < -0.4 is 5.32 Å². The number of halogens is 1. The minimum absolute atomic E-state index is 0.233. The molecule has 0 atom stereocenters. The standard InChI is InChI=1S/C21H17FN4OS/c1-26-19(11-18(25-26)14-4-6-17(22)7-5-14)21(27)24-12-15-3-2-9-23-20(15)16-8-10-28-13-16/h2-11,13H,12H2,1H3,(H,24,27). The van der Waals surface area contributed by atoms with Crippen LogP contribution in [0.15, 0.2) is 65.5 Å². The maximum absolute atomic E-state index is 13.1. The summed E-state index contributed by atoms with van der Waals surface area (Å²) in [6.07, 6.45) is 1.74. The molecule has 28 heavy (non-hydrogen) atoms. The van der Waals surface area contributed by atoms with Crippen molar-refractivity contribution in [1.82, 2.24) is 20.1 Å². The van der Waals surface area contributed by atoms with Gasteiger partial charge in [-0.1, -0.05) is 6.07 Å². The van der Waals surface area contributed by atoms with Gasteiger partial charge in [0.05, 0.1) is 11.4 Å². The van der Waals surface area contributed by atoms with Crippen molar-refractivity contribution in [1.29, 1.82) is 0 Å². The van der Waals surface area contributed by atoms with E-state index in [1.807, 2.05) is 29.0 Å². The molecule has 0 aliphatic heterocycles. The van der Waals surface area contributed by atoms with Crippen molar-refractivity contribution in [3.63, 3.8) is 0 Å². The molecule has 0 spiro atoms. The highest BCUT2D eigenvalue weighted by atomic mass is 32.1. The Bertz CT molecular complexity index is 1100. The van der Waals surface area contributed by atoms with E-state index >= 15 is 0 Å². The molecule has 0 saturated carbocycles. The predicted octanol–water partition coefficient (Wildman–Crippen LogP) is 4.28. The summed E-state index contributed by atoms with van der Waals surface area (Å²) in [7, 11) is 1.71. The average Bonchev–Trinajstić information content (AvgIpc) is 3.37. The molecule has 1 N–H and O–H groups in total. The van der Waals surface area contributed by atoms with Crippen LogP contribution in [0.25, 0.3) is 22.5 Å². The van der Waals surface area contributed by atoms with Crippen molar-refractivity contribution >= 4 is 17.2 Å². The zero-order valence-corrected chi connectivity index (χ0v) is 15.9. The molecule has 140 valence electrons. The van der Waals surface area contributed by atoms with Gasteiger partial charge in [0.1, 0.15) is 11.5 Å². The molecule has 7 heteroatoms. The molecule has 0 aliphatic carbocycles. The number of nitrogens with zero attached hydrogens (tertiary/aromatic N) is 3. The Balaban J connectivity index is 1.52. The number of hydrogen-bond acceptors (Lipinski definition) is 4. The average molecular weight is 392 g/mol. The molecule has 0 aliphatic rings. The normalized spacial score (nSPS) is 10.8. The van der Waals surface area contributed by atoms with Crippen molar-refractivity contribution in [2.24, 2.45) is 7.05 Å². The lowest BCUT2D eigenvalue weighted by Gasteiger charge is -2.09. The van der Waals surface area contributed by atoms with Gasteiger partial charge in [-0.2, -0.15) is 16.4 Å². The summed E-state index contributed by atoms with van der Waals surface area (Å²) in [4.78, 5) is 17.1. The summed E-state index contributed by atoms with van der Waals surface area (Å²) in [5.74, 6) is -0.543. The summed E-state index contributed by atoms with van der Waals surface area (Å²) in [5.41, 5.74) is 4.64. The SMILES string of the molecule is Cn1nc(-c2ccc(F)cc2)cc1C(=O)NCc1cccnc1-c1ccsc1. The van der Waals surface area contributed by atoms with Crippen molar-refractivity contribution in [3.8, 4) is 22.5 Å². The van der Waals surface area contributed by atoms with Gasteiger partial charge < -0.3 is 5.32 Å². The van der Waals surface area contributed by atoms with E-state index in [9.17, 15) is 9.18 Å². The van der Waals surface area contributed by atoms with Crippen LogP contribution >= 0.6 is 11.3 Å². The first kappa shape index (κ1) is 18.1. The van der Waals surface area contributed by atoms with E-state index in [1.54, 1.807) is 42.8 Å². The number of benzene rings is 1. The van der Waals surface area contributed by atoms with Crippen LogP contribution in [0.4, 0.5) is 4.39 Å². The second-order valence-electron chi connectivity index (χ2n) is 6.25. The summed E-state index contributed by atoms with van der Waals surface area (Å²) in [6.45, 7) is 0.356. The Morgan fingerprint density at radius 1 is 1.18 bits per heavy atom. The number of rotatable bonds is 5. The minimum Gasteiger partial charge on any atom is -0.347 e. The van der Waals surface area contributed by atoms with Crippen molar-refractivity contribution in [3.05, 3.63) is 82.6 Å². The van der Waals surface area contributed by atoms with Crippen LogP contribution in [-0.4, -0.2) is 20.7 Å². The molecule has 1 amide bonds. The summed E-state index contributed by atoms with van der Waals surface area (Å²) >= 11 is 1.61. The fraction of sp³-hybridized carbons (Fsp3) is 0.0952. The first-order valence-corrected chi connectivity index (χ1v) is 9.61. The number of amides is 1. The third kappa shape index (κ3) is 3.70. The Morgan fingerprint density at radius 3 is 2.75 bits per heavy atom. The summed E-state index contributed by atoms with van der Waals surface area (Å²) in [6, 6.07) is 13.5. The molecule has 1 aromatic carbocycles. The monoisotopic (exact) mass is 392 g/mol. The van der Waals surface area contributed by atoms with E-state index in [2.05, 4.69) is 15.4 Å². The molecule has 0 saturated heterocycles. The topological polar surface area (TPSA) is 59.8 Å². The van der Waals surface area contributed by atoms with Crippen molar-refractivity contribution in [2.45, 2.75) is 6.54 Å². The van der Waals surface area contributed by atoms with Crippen LogP contribution in [-0.2, 0) is 13.6 Å². The molecule has 0 bridgehead atoms. The van der Waals surface area contributed by atoms with E-state index in [-0.39, 0.29) is 11.7 Å². The molecule has 0 fully saturated rings. The fourth-order valence-electron chi connectivity index (χ4n) is 2.95. The van der Waals surface area contributed by atoms with Gasteiger partial charge in [-0.05, 0) is 53.4 Å². The second-order valence-corrected chi connectivity index (χ2v) is 7.03. The van der Waals surface area contributed by atoms with Crippen LogP contribution in [0.5, 0.6) is 0 Å². The van der Waals surface area contributed by atoms with Gasteiger partial charge in [-0.25, -0.2) is 4.39 Å². The van der Waals surface area contributed by atoms with Gasteiger partial charge in [0.2, 0.25) is 0 Å². The second kappa shape index (κ2) is 7.74. The third-order valence-corrected chi connectivity index (χ3v) is 5.06. The summed E-state index contributed by atoms with van der Waals surface area (Å²) < 4.78 is 14.6. The van der Waals surface area contributed by atoms with Gasteiger partial charge in [0, 0.05) is 36.3 Å². The van der Waals surface area contributed by atoms with Crippen molar-refractivity contribution < 1.29 is 9.18 Å². The van der Waals surface area contributed by atoms with Gasteiger partial charge >= 0.3 is 0 Å². The quantitative estimate of drug-likeness (QED) is 0.551. The molecule has 3 aromatic heterocycles. The number of thiophene rings is 1. The Hall–Kier alpha value is -3.32. The first-order valence-electron chi connectivity index (χ1n) is 8.66. The fourth-order valence-corrected chi connectivity index (χ4v) is 3.59. The van der Waals surface area contributed by atoms with E-state index in [0.717, 1.165) is 22.4 Å². The number of aromatic nitrogens is 3. The van der Waals surface area contributed by atoms with Gasteiger partial charge in [0.15, 0.2) is 0 Å². The number of carbonyl (C=O) groups is 1. The predicted molar refractivity (Wildman–Crippen MR) is 107 cm³/mol. The van der Waals surface area contributed by atoms with Crippen LogP contribution in [0.2, 0.25) is 0 Å². The zero-order valence-electron chi connectivity index (χ0n) is 15.1. The van der Waals surface area contributed by atoms with Gasteiger partial charge in [-0.15, -0.1) is 0 Å². The van der Waals surface area contributed by atoms with E-state index < -0.39 is 0 Å². The Labute approximate surface area is 165 Å². The third-order valence-electron chi connectivity index (χ3n) is 4.38. The van der Waals surface area contributed by atoms with Crippen molar-refractivity contribution in [2.75, 3.05) is 0 Å². The number of hydrogen-bond donors (Lipinski definition) is 1. The molecule has 0 unspecified atom stereocenters. The maximum Gasteiger partial charge on any atom is 0.269 e. The molecule has 5 nitrogen and oxygen atoms in total. The highest BCUT2D eigenvalue weighted by molar-refractivity contribution is 7.08. The molecule has 4 rings (SSSR count). The Kier molecular flexibility index (Phi) is 4.99. The van der Waals surface area contributed by atoms with Crippen LogP contribution in [0.3, 0.4) is 0 Å². The zero-order chi connectivity index (χ0) is 19.5. The lowest BCUT2D eigenvalue weighted by atomic mass is 10.1. The van der Waals surface area contributed by atoms with E-state index in [1.165, 1.54) is 16.8 Å². The smallest absolute Gasteiger partial charge is 0.269 e. The number of carbonyl (C=O) groups excluding carboxylic acids is 1. The minimum atomic E-state index is -0.310. The van der Waals surface area contributed by atoms with Crippen LogP contribution in [0.1, 0.15) is 16.1 Å². The first-order chi connectivity index (χ1) is 13.6. The molecular weight excluding hydrogens is 375 g/mol. The highest BCUT2D eigenvalue weighted by Gasteiger charge is 2.15. The number of nitrogens with one attached hydrogen (secondary N) is 1. The van der Waals surface area contributed by atoms with E-state index in [0.29, 0.717) is 17.9 Å². The maximum atomic E-state index is 13.1. The number of aryl methyl sites for hydroxylation is 1.